The third-order valence-corrected chi connectivity index (χ3v) is 3.48. The third kappa shape index (κ3) is 3.02. The van der Waals surface area contributed by atoms with Gasteiger partial charge in [0.2, 0.25) is 0 Å². The van der Waals surface area contributed by atoms with Crippen LogP contribution < -0.4 is 10.2 Å². The molecule has 0 aliphatic carbocycles. The topological polar surface area (TPSA) is 55.7 Å². The Bertz CT molecular complexity index is 361. The lowest BCUT2D eigenvalue weighted by Crippen LogP contribution is -2.29. The standard InChI is InChI=1S/C14H22N2O2/c1-15-10-13(17)14(18)11-4-6-12(7-5-11)16-8-2-3-9-16/h4-7,13-15,17-18H,2-3,8-10H2,1H3. The molecule has 1 aliphatic rings. The van der Waals surface area contributed by atoms with Crippen LogP contribution in [0.5, 0.6) is 0 Å². The molecule has 18 heavy (non-hydrogen) atoms. The summed E-state index contributed by atoms with van der Waals surface area (Å²) in [6, 6.07) is 7.85. The Morgan fingerprint density at radius 3 is 2.33 bits per heavy atom. The summed E-state index contributed by atoms with van der Waals surface area (Å²) in [5.74, 6) is 0. The molecule has 0 amide bonds. The fourth-order valence-corrected chi connectivity index (χ4v) is 2.40. The quantitative estimate of drug-likeness (QED) is 0.727. The van der Waals surface area contributed by atoms with E-state index in [9.17, 15) is 10.2 Å². The van der Waals surface area contributed by atoms with Gasteiger partial charge in [-0.3, -0.25) is 0 Å². The van der Waals surface area contributed by atoms with Gasteiger partial charge in [-0.15, -0.1) is 0 Å². The number of hydrogen-bond acceptors (Lipinski definition) is 4. The van der Waals surface area contributed by atoms with Gasteiger partial charge in [0.15, 0.2) is 0 Å². The summed E-state index contributed by atoms with van der Waals surface area (Å²) in [5, 5.41) is 22.6. The molecular weight excluding hydrogens is 228 g/mol. The maximum atomic E-state index is 9.97. The van der Waals surface area contributed by atoms with Crippen molar-refractivity contribution in [2.75, 3.05) is 31.6 Å². The zero-order valence-corrected chi connectivity index (χ0v) is 10.8. The van der Waals surface area contributed by atoms with Gasteiger partial charge in [0, 0.05) is 25.3 Å². The van der Waals surface area contributed by atoms with E-state index in [1.165, 1.54) is 18.5 Å². The van der Waals surface area contributed by atoms with E-state index in [0.29, 0.717) is 6.54 Å². The predicted octanol–water partition coefficient (Wildman–Crippen LogP) is 0.900. The highest BCUT2D eigenvalue weighted by molar-refractivity contribution is 5.48. The summed E-state index contributed by atoms with van der Waals surface area (Å²) in [4.78, 5) is 2.35. The molecule has 4 nitrogen and oxygen atoms in total. The van der Waals surface area contributed by atoms with Crippen LogP contribution >= 0.6 is 0 Å². The monoisotopic (exact) mass is 250 g/mol. The Balaban J connectivity index is 2.02. The fraction of sp³-hybridized carbons (Fsp3) is 0.571. The molecule has 2 atom stereocenters. The molecule has 4 heteroatoms. The number of nitrogens with zero attached hydrogens (tertiary/aromatic N) is 1. The normalized spacial score (nSPS) is 18.9. The molecule has 1 heterocycles. The molecule has 1 fully saturated rings. The van der Waals surface area contributed by atoms with E-state index < -0.39 is 12.2 Å². The van der Waals surface area contributed by atoms with E-state index in [-0.39, 0.29) is 0 Å². The number of anilines is 1. The molecule has 1 aliphatic heterocycles. The van der Waals surface area contributed by atoms with Crippen LogP contribution in [0.2, 0.25) is 0 Å². The molecule has 0 spiro atoms. The van der Waals surface area contributed by atoms with Gasteiger partial charge in [-0.25, -0.2) is 0 Å². The van der Waals surface area contributed by atoms with Crippen LogP contribution in [0.15, 0.2) is 24.3 Å². The highest BCUT2D eigenvalue weighted by atomic mass is 16.3. The number of hydrogen-bond donors (Lipinski definition) is 3. The SMILES string of the molecule is CNCC(O)C(O)c1ccc(N2CCCC2)cc1. The third-order valence-electron chi connectivity index (χ3n) is 3.48. The zero-order chi connectivity index (χ0) is 13.0. The smallest absolute Gasteiger partial charge is 0.106 e. The molecule has 0 aromatic heterocycles. The molecule has 1 saturated heterocycles. The minimum absolute atomic E-state index is 0.384. The minimum Gasteiger partial charge on any atom is -0.389 e. The van der Waals surface area contributed by atoms with E-state index >= 15 is 0 Å². The van der Waals surface area contributed by atoms with E-state index in [1.807, 2.05) is 24.3 Å². The fourth-order valence-electron chi connectivity index (χ4n) is 2.40. The van der Waals surface area contributed by atoms with Gasteiger partial charge in [-0.1, -0.05) is 12.1 Å². The molecule has 3 N–H and O–H groups in total. The lowest BCUT2D eigenvalue weighted by molar-refractivity contribution is 0.0202. The molecule has 100 valence electrons. The molecule has 2 unspecified atom stereocenters. The van der Waals surface area contributed by atoms with Crippen LogP contribution in [0.4, 0.5) is 5.69 Å². The van der Waals surface area contributed by atoms with Crippen LogP contribution in [0.3, 0.4) is 0 Å². The van der Waals surface area contributed by atoms with Crippen molar-refractivity contribution in [2.45, 2.75) is 25.0 Å². The molecule has 0 radical (unpaired) electrons. The maximum absolute atomic E-state index is 9.97. The van der Waals surface area contributed by atoms with Crippen LogP contribution in [0, 0.1) is 0 Å². The average molecular weight is 250 g/mol. The molecular formula is C14H22N2O2. The van der Waals surface area contributed by atoms with Crippen LogP contribution in [-0.2, 0) is 0 Å². The minimum atomic E-state index is -0.829. The summed E-state index contributed by atoms with van der Waals surface area (Å²) >= 11 is 0. The Morgan fingerprint density at radius 1 is 1.17 bits per heavy atom. The second-order valence-electron chi connectivity index (χ2n) is 4.86. The summed E-state index contributed by atoms with van der Waals surface area (Å²) in [6.45, 7) is 2.61. The van der Waals surface area contributed by atoms with E-state index in [4.69, 9.17) is 0 Å². The highest BCUT2D eigenvalue weighted by Crippen LogP contribution is 2.23. The number of aliphatic hydroxyl groups excluding tert-OH is 2. The molecule has 1 aromatic carbocycles. The van der Waals surface area contributed by atoms with Crippen molar-refractivity contribution >= 4 is 5.69 Å². The number of benzene rings is 1. The summed E-state index contributed by atoms with van der Waals surface area (Å²) < 4.78 is 0. The second kappa shape index (κ2) is 6.18. The lowest BCUT2D eigenvalue weighted by atomic mass is 10.0. The van der Waals surface area contributed by atoms with Crippen molar-refractivity contribution in [1.29, 1.82) is 0 Å². The van der Waals surface area contributed by atoms with Gasteiger partial charge in [-0.05, 0) is 37.6 Å². The lowest BCUT2D eigenvalue weighted by Gasteiger charge is -2.20. The Labute approximate surface area is 108 Å². The first-order valence-electron chi connectivity index (χ1n) is 6.58. The number of rotatable bonds is 5. The van der Waals surface area contributed by atoms with Crippen molar-refractivity contribution < 1.29 is 10.2 Å². The highest BCUT2D eigenvalue weighted by Gasteiger charge is 2.18. The first kappa shape index (κ1) is 13.3. The average Bonchev–Trinajstić information content (AvgIpc) is 2.92. The predicted molar refractivity (Wildman–Crippen MR) is 72.8 cm³/mol. The zero-order valence-electron chi connectivity index (χ0n) is 10.8. The van der Waals surface area contributed by atoms with Crippen LogP contribution in [0.25, 0.3) is 0 Å². The second-order valence-corrected chi connectivity index (χ2v) is 4.86. The molecule has 0 saturated carbocycles. The van der Waals surface area contributed by atoms with Crippen molar-refractivity contribution in [3.63, 3.8) is 0 Å². The first-order valence-corrected chi connectivity index (χ1v) is 6.58. The van der Waals surface area contributed by atoms with Crippen molar-refractivity contribution in [1.82, 2.24) is 5.32 Å². The number of aliphatic hydroxyl groups is 2. The van der Waals surface area contributed by atoms with Crippen molar-refractivity contribution in [2.24, 2.45) is 0 Å². The van der Waals surface area contributed by atoms with E-state index in [2.05, 4.69) is 10.2 Å². The van der Waals surface area contributed by atoms with Crippen LogP contribution in [-0.4, -0.2) is 43.0 Å². The van der Waals surface area contributed by atoms with Gasteiger partial charge < -0.3 is 20.4 Å². The summed E-state index contributed by atoms with van der Waals surface area (Å²) in [7, 11) is 1.76. The van der Waals surface area contributed by atoms with Gasteiger partial charge in [0.05, 0.1) is 6.10 Å². The molecule has 0 bridgehead atoms. The van der Waals surface area contributed by atoms with Gasteiger partial charge >= 0.3 is 0 Å². The van der Waals surface area contributed by atoms with Gasteiger partial charge in [0.1, 0.15) is 6.10 Å². The van der Waals surface area contributed by atoms with E-state index in [0.717, 1.165) is 18.7 Å². The molecule has 2 rings (SSSR count). The maximum Gasteiger partial charge on any atom is 0.106 e. The number of nitrogens with one attached hydrogen (secondary N) is 1. The number of likely N-dealkylation sites (N-methyl/N-ethyl adjacent to an activating group) is 1. The first-order chi connectivity index (χ1) is 8.72. The largest absolute Gasteiger partial charge is 0.389 e. The Hall–Kier alpha value is -1.10. The van der Waals surface area contributed by atoms with Gasteiger partial charge in [-0.2, -0.15) is 0 Å². The Morgan fingerprint density at radius 2 is 1.78 bits per heavy atom. The molecule has 1 aromatic rings. The van der Waals surface area contributed by atoms with Gasteiger partial charge in [0.25, 0.3) is 0 Å². The Kier molecular flexibility index (Phi) is 4.58. The van der Waals surface area contributed by atoms with Crippen molar-refractivity contribution in [3.05, 3.63) is 29.8 Å². The van der Waals surface area contributed by atoms with Crippen molar-refractivity contribution in [3.8, 4) is 0 Å². The summed E-state index contributed by atoms with van der Waals surface area (Å²) in [5.41, 5.74) is 1.97. The van der Waals surface area contributed by atoms with Crippen LogP contribution in [0.1, 0.15) is 24.5 Å². The van der Waals surface area contributed by atoms with E-state index in [1.54, 1.807) is 7.05 Å². The summed E-state index contributed by atoms with van der Waals surface area (Å²) in [6.07, 6.45) is 0.911.